The second-order valence-electron chi connectivity index (χ2n) is 14.0. The zero-order valence-electron chi connectivity index (χ0n) is 26.3. The molecule has 0 spiro atoms. The van der Waals surface area contributed by atoms with E-state index >= 15 is 0 Å². The van der Waals surface area contributed by atoms with Crippen LogP contribution in [0.3, 0.4) is 0 Å². The monoisotopic (exact) mass is 525 g/mol. The normalized spacial score (nSPS) is 25.0. The molecular formula is C38H68. The molecule has 0 aromatic heterocycles. The fraction of sp³-hybridized carbons (Fsp3) is 0.895. The molecule has 0 saturated heterocycles. The molecule has 0 amide bonds. The minimum atomic E-state index is 0.970. The lowest BCUT2D eigenvalue weighted by atomic mass is 9.88. The second kappa shape index (κ2) is 20.4. The molecule has 0 nitrogen and oxygen atoms in total. The Morgan fingerprint density at radius 2 is 1.13 bits per heavy atom. The Hall–Kier alpha value is -0.520. The van der Waals surface area contributed by atoms with Crippen LogP contribution in [0.5, 0.6) is 0 Å². The molecule has 4 atom stereocenters. The second-order valence-corrected chi connectivity index (χ2v) is 14.0. The van der Waals surface area contributed by atoms with Crippen LogP contribution < -0.4 is 0 Å². The maximum absolute atomic E-state index is 2.51. The van der Waals surface area contributed by atoms with Crippen molar-refractivity contribution in [2.45, 2.75) is 194 Å². The lowest BCUT2D eigenvalue weighted by molar-refractivity contribution is 0.393. The highest BCUT2D eigenvalue weighted by Gasteiger charge is 2.34. The summed E-state index contributed by atoms with van der Waals surface area (Å²) in [6.45, 7) is 4.60. The topological polar surface area (TPSA) is 0 Å². The average molecular weight is 525 g/mol. The maximum atomic E-state index is 2.51. The standard InChI is InChI=1S/2C19H34/c2*1-2-3-4-5-6-7-8-9-10-11-12-18-15-17-13-14-19(18)16-17/h17H,2-16H2,1H3;13-14,17-19H,2-12,15-16H2,1H3. The number of fused-ring (bicyclic) bond motifs is 4. The fourth-order valence-corrected chi connectivity index (χ4v) is 8.14. The van der Waals surface area contributed by atoms with Crippen molar-refractivity contribution in [2.24, 2.45) is 23.7 Å². The van der Waals surface area contributed by atoms with Gasteiger partial charge in [-0.25, -0.2) is 0 Å². The van der Waals surface area contributed by atoms with Crippen LogP contribution in [-0.4, -0.2) is 0 Å². The van der Waals surface area contributed by atoms with Crippen molar-refractivity contribution < 1.29 is 0 Å². The molecule has 220 valence electrons. The molecule has 0 heteroatoms. The molecule has 0 heterocycles. The Balaban J connectivity index is 0.000000211. The first kappa shape index (κ1) is 32.0. The van der Waals surface area contributed by atoms with Gasteiger partial charge in [-0.1, -0.05) is 159 Å². The van der Waals surface area contributed by atoms with E-state index in [-0.39, 0.29) is 0 Å². The SMILES string of the molecule is CCCCCCCCCCCCC1=C2CCC(C1)C2.CCCCCCCCCCCCC1CC2C=CC1C2. The van der Waals surface area contributed by atoms with E-state index in [4.69, 9.17) is 0 Å². The van der Waals surface area contributed by atoms with Gasteiger partial charge >= 0.3 is 0 Å². The third kappa shape index (κ3) is 12.8. The van der Waals surface area contributed by atoms with Crippen molar-refractivity contribution in [1.82, 2.24) is 0 Å². The highest BCUT2D eigenvalue weighted by atomic mass is 14.4. The Morgan fingerprint density at radius 1 is 0.579 bits per heavy atom. The van der Waals surface area contributed by atoms with Gasteiger partial charge in [0.05, 0.1) is 0 Å². The summed E-state index contributed by atoms with van der Waals surface area (Å²) < 4.78 is 0. The van der Waals surface area contributed by atoms with Crippen LogP contribution in [0.15, 0.2) is 23.3 Å². The van der Waals surface area contributed by atoms with Crippen molar-refractivity contribution in [3.63, 3.8) is 0 Å². The predicted octanol–water partition coefficient (Wildman–Crippen LogP) is 13.3. The molecule has 0 aliphatic heterocycles. The summed E-state index contributed by atoms with van der Waals surface area (Å²) in [5.41, 5.74) is 3.76. The number of rotatable bonds is 22. The van der Waals surface area contributed by atoms with Crippen LogP contribution >= 0.6 is 0 Å². The Kier molecular flexibility index (Phi) is 17.2. The Bertz CT molecular complexity index is 638. The van der Waals surface area contributed by atoms with Crippen LogP contribution in [0.2, 0.25) is 0 Å². The van der Waals surface area contributed by atoms with Gasteiger partial charge in [-0.2, -0.15) is 0 Å². The molecule has 0 aromatic carbocycles. The van der Waals surface area contributed by atoms with Gasteiger partial charge in [-0.05, 0) is 81.5 Å². The number of unbranched alkanes of at least 4 members (excludes halogenated alkanes) is 18. The Labute approximate surface area is 240 Å². The van der Waals surface area contributed by atoms with Gasteiger partial charge in [0.2, 0.25) is 0 Å². The van der Waals surface area contributed by atoms with E-state index in [0.29, 0.717) is 0 Å². The summed E-state index contributed by atoms with van der Waals surface area (Å²) in [6.07, 6.45) is 46.2. The zero-order valence-corrected chi connectivity index (χ0v) is 26.3. The average Bonchev–Trinajstić information content (AvgIpc) is 3.74. The van der Waals surface area contributed by atoms with Crippen molar-refractivity contribution in [3.05, 3.63) is 23.3 Å². The van der Waals surface area contributed by atoms with Crippen LogP contribution in [-0.2, 0) is 0 Å². The predicted molar refractivity (Wildman–Crippen MR) is 171 cm³/mol. The maximum Gasteiger partial charge on any atom is -0.0199 e. The molecule has 4 aliphatic carbocycles. The zero-order chi connectivity index (χ0) is 26.7. The van der Waals surface area contributed by atoms with Crippen molar-refractivity contribution in [1.29, 1.82) is 0 Å². The smallest absolute Gasteiger partial charge is 0.0199 e. The molecule has 2 fully saturated rings. The van der Waals surface area contributed by atoms with Crippen LogP contribution in [0.4, 0.5) is 0 Å². The first-order chi connectivity index (χ1) is 18.8. The third-order valence-electron chi connectivity index (χ3n) is 10.6. The number of hydrogen-bond donors (Lipinski definition) is 0. The van der Waals surface area contributed by atoms with E-state index in [0.717, 1.165) is 23.7 Å². The van der Waals surface area contributed by atoms with Gasteiger partial charge in [0.15, 0.2) is 0 Å². The van der Waals surface area contributed by atoms with Crippen molar-refractivity contribution in [2.75, 3.05) is 0 Å². The number of hydrogen-bond acceptors (Lipinski definition) is 0. The molecule has 38 heavy (non-hydrogen) atoms. The fourth-order valence-electron chi connectivity index (χ4n) is 8.14. The minimum absolute atomic E-state index is 0.970. The van der Waals surface area contributed by atoms with Crippen LogP contribution in [0.1, 0.15) is 194 Å². The van der Waals surface area contributed by atoms with E-state index in [1.807, 2.05) is 11.1 Å². The molecule has 4 unspecified atom stereocenters. The van der Waals surface area contributed by atoms with E-state index < -0.39 is 0 Å². The molecule has 0 radical (unpaired) electrons. The molecular weight excluding hydrogens is 456 g/mol. The molecule has 2 saturated carbocycles. The Morgan fingerprint density at radius 3 is 1.58 bits per heavy atom. The lowest BCUT2D eigenvalue weighted by Gasteiger charge is -2.17. The van der Waals surface area contributed by atoms with Crippen molar-refractivity contribution in [3.8, 4) is 0 Å². The van der Waals surface area contributed by atoms with Gasteiger partial charge in [0.25, 0.3) is 0 Å². The quantitative estimate of drug-likeness (QED) is 0.0975. The van der Waals surface area contributed by atoms with Gasteiger partial charge in [0, 0.05) is 0 Å². The van der Waals surface area contributed by atoms with Crippen LogP contribution in [0.25, 0.3) is 0 Å². The number of allylic oxidation sites excluding steroid dienone is 4. The molecule has 4 aliphatic rings. The molecule has 0 N–H and O–H groups in total. The molecule has 4 rings (SSSR count). The highest BCUT2D eigenvalue weighted by Crippen LogP contribution is 2.46. The summed E-state index contributed by atoms with van der Waals surface area (Å²) in [6, 6.07) is 0. The lowest BCUT2D eigenvalue weighted by Crippen LogP contribution is -2.06. The summed E-state index contributed by atoms with van der Waals surface area (Å²) >= 11 is 0. The highest BCUT2D eigenvalue weighted by molar-refractivity contribution is 5.25. The van der Waals surface area contributed by atoms with E-state index in [1.54, 1.807) is 0 Å². The largest absolute Gasteiger partial charge is 0.0851 e. The molecule has 4 bridgehead atoms. The minimum Gasteiger partial charge on any atom is -0.0851 e. The van der Waals surface area contributed by atoms with Crippen molar-refractivity contribution >= 4 is 0 Å². The summed E-state index contributed by atoms with van der Waals surface area (Å²) in [4.78, 5) is 0. The van der Waals surface area contributed by atoms with Gasteiger partial charge < -0.3 is 0 Å². The summed E-state index contributed by atoms with van der Waals surface area (Å²) in [5, 5.41) is 0. The first-order valence-corrected chi connectivity index (χ1v) is 18.2. The summed E-state index contributed by atoms with van der Waals surface area (Å²) in [5.74, 6) is 4.08. The molecule has 0 aromatic rings. The van der Waals surface area contributed by atoms with E-state index in [1.165, 1.54) is 180 Å². The van der Waals surface area contributed by atoms with E-state index in [9.17, 15) is 0 Å². The van der Waals surface area contributed by atoms with Gasteiger partial charge in [-0.15, -0.1) is 0 Å². The van der Waals surface area contributed by atoms with Gasteiger partial charge in [0.1, 0.15) is 0 Å². The third-order valence-corrected chi connectivity index (χ3v) is 10.6. The summed E-state index contributed by atoms with van der Waals surface area (Å²) in [7, 11) is 0. The van der Waals surface area contributed by atoms with Gasteiger partial charge in [-0.3, -0.25) is 0 Å². The van der Waals surface area contributed by atoms with E-state index in [2.05, 4.69) is 26.0 Å². The first-order valence-electron chi connectivity index (χ1n) is 18.2. The van der Waals surface area contributed by atoms with Crippen LogP contribution in [0, 0.1) is 23.7 Å².